The number of carbonyl (C=O) groups excluding carboxylic acids is 1. The van der Waals surface area contributed by atoms with Crippen LogP contribution in [0.5, 0.6) is 0 Å². The highest BCUT2D eigenvalue weighted by Crippen LogP contribution is 2.32. The molecule has 0 aromatic heterocycles. The van der Waals surface area contributed by atoms with Gasteiger partial charge in [-0.05, 0) is 38.6 Å². The molecule has 0 aromatic carbocycles. The molecule has 2 fully saturated rings. The third-order valence-electron chi connectivity index (χ3n) is 4.45. The molecular weight excluding hydrogens is 278 g/mol. The van der Waals surface area contributed by atoms with Gasteiger partial charge >= 0.3 is 0 Å². The highest BCUT2D eigenvalue weighted by molar-refractivity contribution is 7.89. The van der Waals surface area contributed by atoms with E-state index < -0.39 is 10.0 Å². The Balaban J connectivity index is 1.76. The van der Waals surface area contributed by atoms with Gasteiger partial charge in [-0.1, -0.05) is 12.8 Å². The molecule has 1 saturated carbocycles. The Kier molecular flexibility index (Phi) is 5.40. The van der Waals surface area contributed by atoms with E-state index in [0.29, 0.717) is 6.04 Å². The van der Waals surface area contributed by atoms with E-state index in [0.717, 1.165) is 25.2 Å². The van der Waals surface area contributed by atoms with Crippen molar-refractivity contribution < 1.29 is 13.2 Å². The summed E-state index contributed by atoms with van der Waals surface area (Å²) in [4.78, 5) is 12.1. The SMILES string of the molecule is CNS(=O)(=O)CCNC(=O)C1CCC2CCCCC2N1. The average molecular weight is 303 g/mol. The third-order valence-corrected chi connectivity index (χ3v) is 5.81. The van der Waals surface area contributed by atoms with Crippen molar-refractivity contribution >= 4 is 15.9 Å². The Bertz CT molecular complexity index is 438. The van der Waals surface area contributed by atoms with Crippen molar-refractivity contribution in [2.45, 2.75) is 50.6 Å². The highest BCUT2D eigenvalue weighted by Gasteiger charge is 2.34. The molecule has 7 heteroatoms. The number of hydrogen-bond donors (Lipinski definition) is 3. The van der Waals surface area contributed by atoms with E-state index >= 15 is 0 Å². The number of amides is 1. The van der Waals surface area contributed by atoms with Crippen molar-refractivity contribution in [2.24, 2.45) is 5.92 Å². The second-order valence-electron chi connectivity index (χ2n) is 5.76. The van der Waals surface area contributed by atoms with Crippen LogP contribution in [-0.4, -0.2) is 45.8 Å². The van der Waals surface area contributed by atoms with E-state index in [1.54, 1.807) is 0 Å². The monoisotopic (exact) mass is 303 g/mol. The van der Waals surface area contributed by atoms with Crippen LogP contribution in [0.25, 0.3) is 0 Å². The first kappa shape index (κ1) is 15.7. The molecule has 116 valence electrons. The summed E-state index contributed by atoms with van der Waals surface area (Å²) in [5, 5.41) is 6.16. The summed E-state index contributed by atoms with van der Waals surface area (Å²) in [6.07, 6.45) is 6.93. The third kappa shape index (κ3) is 4.17. The van der Waals surface area contributed by atoms with Crippen LogP contribution in [0.3, 0.4) is 0 Å². The smallest absolute Gasteiger partial charge is 0.237 e. The van der Waals surface area contributed by atoms with Crippen molar-refractivity contribution in [3.63, 3.8) is 0 Å². The lowest BCUT2D eigenvalue weighted by Crippen LogP contribution is -2.55. The molecule has 0 radical (unpaired) electrons. The van der Waals surface area contributed by atoms with E-state index in [4.69, 9.17) is 0 Å². The van der Waals surface area contributed by atoms with Gasteiger partial charge in [-0.25, -0.2) is 13.1 Å². The molecule has 1 heterocycles. The molecule has 2 rings (SSSR count). The van der Waals surface area contributed by atoms with Crippen molar-refractivity contribution in [3.8, 4) is 0 Å². The molecule has 3 N–H and O–H groups in total. The molecule has 0 spiro atoms. The fourth-order valence-electron chi connectivity index (χ4n) is 3.24. The number of hydrogen-bond acceptors (Lipinski definition) is 4. The predicted molar refractivity (Wildman–Crippen MR) is 77.8 cm³/mol. The van der Waals surface area contributed by atoms with Crippen LogP contribution in [0.15, 0.2) is 0 Å². The Labute approximate surface area is 121 Å². The predicted octanol–water partition coefficient (Wildman–Crippen LogP) is -0.0374. The van der Waals surface area contributed by atoms with Crippen LogP contribution in [-0.2, 0) is 14.8 Å². The maximum Gasteiger partial charge on any atom is 0.237 e. The number of rotatable bonds is 5. The maximum absolute atomic E-state index is 12.1. The molecule has 6 nitrogen and oxygen atoms in total. The van der Waals surface area contributed by atoms with Crippen molar-refractivity contribution in [3.05, 3.63) is 0 Å². The van der Waals surface area contributed by atoms with Gasteiger partial charge in [0, 0.05) is 12.6 Å². The van der Waals surface area contributed by atoms with Crippen LogP contribution in [0, 0.1) is 5.92 Å². The number of nitrogens with one attached hydrogen (secondary N) is 3. The van der Waals surface area contributed by atoms with Crippen molar-refractivity contribution in [1.82, 2.24) is 15.4 Å². The minimum atomic E-state index is -3.25. The minimum absolute atomic E-state index is 0.0691. The van der Waals surface area contributed by atoms with Gasteiger partial charge < -0.3 is 10.6 Å². The Morgan fingerprint density at radius 2 is 1.95 bits per heavy atom. The zero-order chi connectivity index (χ0) is 14.6. The summed E-state index contributed by atoms with van der Waals surface area (Å²) in [6, 6.07) is 0.306. The lowest BCUT2D eigenvalue weighted by Gasteiger charge is -2.39. The Morgan fingerprint density at radius 1 is 1.20 bits per heavy atom. The van der Waals surface area contributed by atoms with Crippen LogP contribution in [0.4, 0.5) is 0 Å². The fraction of sp³-hybridized carbons (Fsp3) is 0.923. The second-order valence-corrected chi connectivity index (χ2v) is 7.81. The number of piperidine rings is 1. The number of sulfonamides is 1. The summed E-state index contributed by atoms with van der Waals surface area (Å²) in [7, 11) is -1.87. The molecule has 1 amide bonds. The van der Waals surface area contributed by atoms with Crippen LogP contribution in [0.2, 0.25) is 0 Å². The summed E-state index contributed by atoms with van der Waals surface area (Å²) in [5.41, 5.74) is 0. The standard InChI is InChI=1S/C13H25N3O3S/c1-14-20(18,19)9-8-15-13(17)12-7-6-10-4-2-3-5-11(10)16-12/h10-12,14,16H,2-9H2,1H3,(H,15,17). The summed E-state index contributed by atoms with van der Waals surface area (Å²) >= 11 is 0. The van der Waals surface area contributed by atoms with Crippen LogP contribution >= 0.6 is 0 Å². The maximum atomic E-state index is 12.1. The van der Waals surface area contributed by atoms with Gasteiger partial charge in [0.15, 0.2) is 0 Å². The summed E-state index contributed by atoms with van der Waals surface area (Å²) in [5.74, 6) is 0.575. The van der Waals surface area contributed by atoms with Gasteiger partial charge in [-0.2, -0.15) is 0 Å². The molecule has 1 aliphatic carbocycles. The number of carbonyl (C=O) groups is 1. The Morgan fingerprint density at radius 3 is 2.70 bits per heavy atom. The molecule has 3 unspecified atom stereocenters. The molecule has 3 atom stereocenters. The zero-order valence-electron chi connectivity index (χ0n) is 12.0. The molecule has 20 heavy (non-hydrogen) atoms. The summed E-state index contributed by atoms with van der Waals surface area (Å²) in [6.45, 7) is 0.161. The van der Waals surface area contributed by atoms with Gasteiger partial charge in [0.05, 0.1) is 11.8 Å². The average Bonchev–Trinajstić information content (AvgIpc) is 2.46. The zero-order valence-corrected chi connectivity index (χ0v) is 12.8. The lowest BCUT2D eigenvalue weighted by atomic mass is 9.77. The van der Waals surface area contributed by atoms with Gasteiger partial charge in [0.2, 0.25) is 15.9 Å². The molecule has 1 aliphatic heterocycles. The lowest BCUT2D eigenvalue weighted by molar-refractivity contribution is -0.124. The van der Waals surface area contributed by atoms with Crippen LogP contribution < -0.4 is 15.4 Å². The van der Waals surface area contributed by atoms with Crippen LogP contribution in [0.1, 0.15) is 38.5 Å². The quantitative estimate of drug-likeness (QED) is 0.665. The first-order valence-corrected chi connectivity index (χ1v) is 9.12. The normalized spacial score (nSPS) is 30.6. The molecule has 0 aromatic rings. The van der Waals surface area contributed by atoms with Crippen molar-refractivity contribution in [2.75, 3.05) is 19.3 Å². The van der Waals surface area contributed by atoms with E-state index in [1.807, 2.05) is 0 Å². The van der Waals surface area contributed by atoms with Gasteiger partial charge in [0.1, 0.15) is 0 Å². The highest BCUT2D eigenvalue weighted by atomic mass is 32.2. The summed E-state index contributed by atoms with van der Waals surface area (Å²) < 4.78 is 24.8. The molecular formula is C13H25N3O3S. The number of fused-ring (bicyclic) bond motifs is 1. The van der Waals surface area contributed by atoms with E-state index in [9.17, 15) is 13.2 Å². The van der Waals surface area contributed by atoms with E-state index in [2.05, 4.69) is 15.4 Å². The minimum Gasteiger partial charge on any atom is -0.354 e. The van der Waals surface area contributed by atoms with E-state index in [-0.39, 0.29) is 24.2 Å². The topological polar surface area (TPSA) is 87.3 Å². The largest absolute Gasteiger partial charge is 0.354 e. The van der Waals surface area contributed by atoms with Gasteiger partial charge in [-0.15, -0.1) is 0 Å². The van der Waals surface area contributed by atoms with Crippen molar-refractivity contribution in [1.29, 1.82) is 0 Å². The fourth-order valence-corrected chi connectivity index (χ4v) is 3.81. The first-order valence-electron chi connectivity index (χ1n) is 7.47. The molecule has 2 aliphatic rings. The second kappa shape index (κ2) is 6.87. The first-order chi connectivity index (χ1) is 9.52. The molecule has 0 bridgehead atoms. The molecule has 1 saturated heterocycles. The van der Waals surface area contributed by atoms with Gasteiger partial charge in [-0.3, -0.25) is 4.79 Å². The van der Waals surface area contributed by atoms with Gasteiger partial charge in [0.25, 0.3) is 0 Å². The Hall–Kier alpha value is -0.660. The van der Waals surface area contributed by atoms with E-state index in [1.165, 1.54) is 26.3 Å².